The molecule has 4 nitrogen and oxygen atoms in total. The molecule has 0 spiro atoms. The molecule has 14 heavy (non-hydrogen) atoms. The lowest BCUT2D eigenvalue weighted by Gasteiger charge is -2.23. The van der Waals surface area contributed by atoms with Gasteiger partial charge in [-0.3, -0.25) is 0 Å². The fourth-order valence-corrected chi connectivity index (χ4v) is 1.31. The van der Waals surface area contributed by atoms with Crippen LogP contribution in [0.15, 0.2) is 0 Å². The number of nitrogens with one attached hydrogen (secondary N) is 1. The third kappa shape index (κ3) is 7.26. The van der Waals surface area contributed by atoms with Crippen LogP contribution in [0, 0.1) is 0 Å². The largest absolute Gasteiger partial charge is 0.396 e. The van der Waals surface area contributed by atoms with Crippen molar-refractivity contribution in [3.05, 3.63) is 0 Å². The molecule has 0 saturated heterocycles. The molecular formula is C10H24N2O2. The van der Waals surface area contributed by atoms with Crippen LogP contribution >= 0.6 is 0 Å². The molecule has 0 bridgehead atoms. The van der Waals surface area contributed by atoms with Crippen LogP contribution in [0.2, 0.25) is 0 Å². The van der Waals surface area contributed by atoms with Crippen LogP contribution < -0.4 is 5.32 Å². The van der Waals surface area contributed by atoms with Crippen LogP contribution in [0.25, 0.3) is 0 Å². The second kappa shape index (κ2) is 9.40. The fourth-order valence-electron chi connectivity index (χ4n) is 1.31. The second-order valence-electron chi connectivity index (χ2n) is 3.46. The monoisotopic (exact) mass is 204 g/mol. The Morgan fingerprint density at radius 2 is 2.21 bits per heavy atom. The minimum Gasteiger partial charge on any atom is -0.396 e. The predicted molar refractivity (Wildman–Crippen MR) is 58.5 cm³/mol. The van der Waals surface area contributed by atoms with Gasteiger partial charge in [-0.1, -0.05) is 0 Å². The van der Waals surface area contributed by atoms with Crippen molar-refractivity contribution in [3.63, 3.8) is 0 Å². The molecule has 0 amide bonds. The highest BCUT2D eigenvalue weighted by Crippen LogP contribution is 1.94. The topological polar surface area (TPSA) is 44.7 Å². The first kappa shape index (κ1) is 13.8. The third-order valence-corrected chi connectivity index (χ3v) is 2.24. The van der Waals surface area contributed by atoms with Crippen molar-refractivity contribution in [2.75, 3.05) is 47.0 Å². The molecule has 86 valence electrons. The number of rotatable bonds is 9. The van der Waals surface area contributed by atoms with Crippen molar-refractivity contribution in [2.45, 2.75) is 19.4 Å². The van der Waals surface area contributed by atoms with Gasteiger partial charge in [0.05, 0.1) is 6.61 Å². The number of nitrogens with zero attached hydrogens (tertiary/aromatic N) is 1. The minimum atomic E-state index is 0.241. The Hall–Kier alpha value is -0.160. The van der Waals surface area contributed by atoms with E-state index in [-0.39, 0.29) is 6.61 Å². The van der Waals surface area contributed by atoms with Gasteiger partial charge in [-0.25, -0.2) is 0 Å². The van der Waals surface area contributed by atoms with Gasteiger partial charge in [-0.2, -0.15) is 0 Å². The Kier molecular flexibility index (Phi) is 9.29. The molecule has 0 aromatic heterocycles. The van der Waals surface area contributed by atoms with Gasteiger partial charge >= 0.3 is 0 Å². The van der Waals surface area contributed by atoms with E-state index in [0.29, 0.717) is 6.04 Å². The van der Waals surface area contributed by atoms with Crippen molar-refractivity contribution in [3.8, 4) is 0 Å². The molecule has 0 aliphatic heterocycles. The zero-order valence-electron chi connectivity index (χ0n) is 9.62. The van der Waals surface area contributed by atoms with Crippen LogP contribution in [0.5, 0.6) is 0 Å². The van der Waals surface area contributed by atoms with Crippen LogP contribution in [-0.2, 0) is 4.74 Å². The first-order chi connectivity index (χ1) is 6.74. The molecule has 4 heteroatoms. The Bertz CT molecular complexity index is 123. The maximum atomic E-state index is 8.81. The van der Waals surface area contributed by atoms with Gasteiger partial charge in [0.25, 0.3) is 0 Å². The lowest BCUT2D eigenvalue weighted by molar-refractivity contribution is 0.117. The lowest BCUT2D eigenvalue weighted by Crippen LogP contribution is -2.39. The summed E-state index contributed by atoms with van der Waals surface area (Å²) < 4.78 is 5.27. The van der Waals surface area contributed by atoms with E-state index >= 15 is 0 Å². The van der Waals surface area contributed by atoms with Crippen molar-refractivity contribution in [1.29, 1.82) is 0 Å². The van der Waals surface area contributed by atoms with Gasteiger partial charge in [0, 0.05) is 32.3 Å². The molecule has 0 aliphatic carbocycles. The molecule has 0 radical (unpaired) electrons. The maximum absolute atomic E-state index is 8.81. The standard InChI is InChI=1S/C10H24N2O2/c1-4-14-8-6-12(3)9-10(11-2)5-7-13/h10-11,13H,4-9H2,1-3H3. The van der Waals surface area contributed by atoms with Gasteiger partial charge < -0.3 is 20.1 Å². The fraction of sp³-hybridized carbons (Fsp3) is 1.00. The van der Waals surface area contributed by atoms with E-state index in [0.717, 1.165) is 32.7 Å². The summed E-state index contributed by atoms with van der Waals surface area (Å²) >= 11 is 0. The summed E-state index contributed by atoms with van der Waals surface area (Å²) in [5.41, 5.74) is 0. The van der Waals surface area contributed by atoms with Crippen LogP contribution in [0.3, 0.4) is 0 Å². The Morgan fingerprint density at radius 1 is 1.50 bits per heavy atom. The number of hydrogen-bond acceptors (Lipinski definition) is 4. The smallest absolute Gasteiger partial charge is 0.0593 e. The van der Waals surface area contributed by atoms with E-state index < -0.39 is 0 Å². The van der Waals surface area contributed by atoms with Crippen LogP contribution in [-0.4, -0.2) is 63.1 Å². The number of aliphatic hydroxyl groups is 1. The summed E-state index contributed by atoms with van der Waals surface area (Å²) in [7, 11) is 4.00. The Labute approximate surface area is 87.2 Å². The molecule has 0 aromatic rings. The van der Waals surface area contributed by atoms with E-state index in [2.05, 4.69) is 17.3 Å². The molecule has 1 unspecified atom stereocenters. The molecule has 0 heterocycles. The first-order valence-corrected chi connectivity index (χ1v) is 5.29. The van der Waals surface area contributed by atoms with Gasteiger partial charge in [0.1, 0.15) is 0 Å². The minimum absolute atomic E-state index is 0.241. The molecular weight excluding hydrogens is 180 g/mol. The SMILES string of the molecule is CCOCCN(C)CC(CCO)NC. The van der Waals surface area contributed by atoms with E-state index in [9.17, 15) is 0 Å². The molecule has 0 aromatic carbocycles. The molecule has 2 N–H and O–H groups in total. The van der Waals surface area contributed by atoms with Crippen molar-refractivity contribution in [1.82, 2.24) is 10.2 Å². The average molecular weight is 204 g/mol. The van der Waals surface area contributed by atoms with Crippen molar-refractivity contribution in [2.24, 2.45) is 0 Å². The van der Waals surface area contributed by atoms with Gasteiger partial charge in [-0.05, 0) is 27.4 Å². The molecule has 0 rings (SSSR count). The van der Waals surface area contributed by atoms with E-state index in [4.69, 9.17) is 9.84 Å². The van der Waals surface area contributed by atoms with E-state index in [1.807, 2.05) is 14.0 Å². The summed E-state index contributed by atoms with van der Waals surface area (Å²) in [6, 6.07) is 0.367. The van der Waals surface area contributed by atoms with Crippen LogP contribution in [0.1, 0.15) is 13.3 Å². The quantitative estimate of drug-likeness (QED) is 0.516. The van der Waals surface area contributed by atoms with Gasteiger partial charge in [-0.15, -0.1) is 0 Å². The molecule has 0 fully saturated rings. The van der Waals surface area contributed by atoms with Crippen LogP contribution in [0.4, 0.5) is 0 Å². The number of likely N-dealkylation sites (N-methyl/N-ethyl adjacent to an activating group) is 2. The van der Waals surface area contributed by atoms with Crippen molar-refractivity contribution < 1.29 is 9.84 Å². The zero-order valence-corrected chi connectivity index (χ0v) is 9.62. The van der Waals surface area contributed by atoms with E-state index in [1.54, 1.807) is 0 Å². The summed E-state index contributed by atoms with van der Waals surface area (Å²) in [6.07, 6.45) is 0.801. The highest BCUT2D eigenvalue weighted by atomic mass is 16.5. The second-order valence-corrected chi connectivity index (χ2v) is 3.46. The number of ether oxygens (including phenoxy) is 1. The highest BCUT2D eigenvalue weighted by Gasteiger charge is 2.08. The summed E-state index contributed by atoms with van der Waals surface area (Å²) in [6.45, 7) is 5.69. The Balaban J connectivity index is 3.51. The van der Waals surface area contributed by atoms with Crippen molar-refractivity contribution >= 4 is 0 Å². The van der Waals surface area contributed by atoms with E-state index in [1.165, 1.54) is 0 Å². The third-order valence-electron chi connectivity index (χ3n) is 2.24. The average Bonchev–Trinajstić information content (AvgIpc) is 2.17. The Morgan fingerprint density at radius 3 is 2.71 bits per heavy atom. The van der Waals surface area contributed by atoms with Gasteiger partial charge in [0.15, 0.2) is 0 Å². The predicted octanol–water partition coefficient (Wildman–Crippen LogP) is -0.0749. The number of hydrogen-bond donors (Lipinski definition) is 2. The normalized spacial score (nSPS) is 13.5. The first-order valence-electron chi connectivity index (χ1n) is 5.29. The zero-order chi connectivity index (χ0) is 10.8. The highest BCUT2D eigenvalue weighted by molar-refractivity contribution is 4.68. The molecule has 0 aliphatic rings. The lowest BCUT2D eigenvalue weighted by atomic mass is 10.2. The number of aliphatic hydroxyl groups excluding tert-OH is 1. The summed E-state index contributed by atoms with van der Waals surface area (Å²) in [5, 5.41) is 12.0. The molecule has 0 saturated carbocycles. The maximum Gasteiger partial charge on any atom is 0.0593 e. The summed E-state index contributed by atoms with van der Waals surface area (Å²) in [4.78, 5) is 2.21. The molecule has 1 atom stereocenters. The van der Waals surface area contributed by atoms with Gasteiger partial charge in [0.2, 0.25) is 0 Å². The summed E-state index contributed by atoms with van der Waals surface area (Å²) in [5.74, 6) is 0.